The maximum atomic E-state index is 11.9. The highest BCUT2D eigenvalue weighted by atomic mass is 16.5. The smallest absolute Gasteiger partial charge is 0.248 e. The van der Waals surface area contributed by atoms with Gasteiger partial charge < -0.3 is 19.1 Å². The van der Waals surface area contributed by atoms with Gasteiger partial charge in [-0.1, -0.05) is 0 Å². The fraction of sp³-hybridized carbons (Fsp3) is 0.571. The average Bonchev–Trinajstić information content (AvgIpc) is 2.93. The summed E-state index contributed by atoms with van der Waals surface area (Å²) in [7, 11) is 1.60. The molecule has 0 radical (unpaired) electrons. The molecule has 0 aromatic carbocycles. The summed E-state index contributed by atoms with van der Waals surface area (Å²) >= 11 is 0. The van der Waals surface area contributed by atoms with Gasteiger partial charge >= 0.3 is 0 Å². The van der Waals surface area contributed by atoms with Crippen molar-refractivity contribution < 1.29 is 19.0 Å². The SMILES string of the molecule is COCCOCC(=O)N1CCC(Oc2cccnc2)C1. The third kappa shape index (κ3) is 4.47. The van der Waals surface area contributed by atoms with Gasteiger partial charge in [-0.15, -0.1) is 0 Å². The largest absolute Gasteiger partial charge is 0.487 e. The van der Waals surface area contributed by atoms with E-state index in [1.807, 2.05) is 12.1 Å². The number of carbonyl (C=O) groups excluding carboxylic acids is 1. The van der Waals surface area contributed by atoms with Crippen LogP contribution in [0.2, 0.25) is 0 Å². The Morgan fingerprint density at radius 2 is 2.40 bits per heavy atom. The molecule has 0 N–H and O–H groups in total. The van der Waals surface area contributed by atoms with E-state index in [9.17, 15) is 4.79 Å². The van der Waals surface area contributed by atoms with E-state index in [-0.39, 0.29) is 18.6 Å². The molecule has 0 bridgehead atoms. The predicted octanol–water partition coefficient (Wildman–Crippen LogP) is 0.724. The molecule has 6 heteroatoms. The summed E-state index contributed by atoms with van der Waals surface area (Å²) < 4.78 is 15.9. The lowest BCUT2D eigenvalue weighted by atomic mass is 10.3. The van der Waals surface area contributed by atoms with Crippen LogP contribution in [0, 0.1) is 0 Å². The van der Waals surface area contributed by atoms with Gasteiger partial charge in [0.2, 0.25) is 5.91 Å². The summed E-state index contributed by atoms with van der Waals surface area (Å²) in [5.41, 5.74) is 0. The van der Waals surface area contributed by atoms with E-state index in [0.29, 0.717) is 26.3 Å². The Bertz CT molecular complexity index is 413. The Morgan fingerprint density at radius 3 is 3.15 bits per heavy atom. The standard InChI is InChI=1S/C14H20N2O4/c1-18-7-8-19-11-14(17)16-6-4-13(10-16)20-12-3-2-5-15-9-12/h2-3,5,9,13H,4,6-8,10-11H2,1H3. The summed E-state index contributed by atoms with van der Waals surface area (Å²) in [6.45, 7) is 2.34. The van der Waals surface area contributed by atoms with Crippen LogP contribution in [-0.2, 0) is 14.3 Å². The van der Waals surface area contributed by atoms with Crippen LogP contribution in [0.4, 0.5) is 0 Å². The van der Waals surface area contributed by atoms with Crippen molar-refractivity contribution in [1.29, 1.82) is 0 Å². The lowest BCUT2D eigenvalue weighted by Gasteiger charge is -2.17. The number of rotatable bonds is 7. The van der Waals surface area contributed by atoms with Gasteiger partial charge in [0, 0.05) is 26.3 Å². The molecule has 2 rings (SSSR count). The second-order valence-corrected chi connectivity index (χ2v) is 4.60. The second-order valence-electron chi connectivity index (χ2n) is 4.60. The molecule has 2 heterocycles. The Labute approximate surface area is 118 Å². The first-order valence-electron chi connectivity index (χ1n) is 6.70. The van der Waals surface area contributed by atoms with E-state index >= 15 is 0 Å². The molecule has 1 aromatic rings. The highest BCUT2D eigenvalue weighted by Gasteiger charge is 2.27. The molecule has 1 aliphatic rings. The number of carbonyl (C=O) groups is 1. The summed E-state index contributed by atoms with van der Waals surface area (Å²) in [5, 5.41) is 0. The van der Waals surface area contributed by atoms with Gasteiger partial charge in [0.15, 0.2) is 0 Å². The van der Waals surface area contributed by atoms with E-state index in [0.717, 1.165) is 12.2 Å². The zero-order valence-electron chi connectivity index (χ0n) is 11.7. The molecule has 1 saturated heterocycles. The number of pyridine rings is 1. The Balaban J connectivity index is 1.70. The molecule has 6 nitrogen and oxygen atoms in total. The molecule has 1 atom stereocenters. The van der Waals surface area contributed by atoms with E-state index in [1.165, 1.54) is 0 Å². The molecule has 1 fully saturated rings. The average molecular weight is 280 g/mol. The lowest BCUT2D eigenvalue weighted by molar-refractivity contribution is -0.135. The molecule has 110 valence electrons. The summed E-state index contributed by atoms with van der Waals surface area (Å²) in [4.78, 5) is 17.7. The van der Waals surface area contributed by atoms with Crippen LogP contribution >= 0.6 is 0 Å². The fourth-order valence-electron chi connectivity index (χ4n) is 2.05. The Morgan fingerprint density at radius 1 is 1.50 bits per heavy atom. The minimum absolute atomic E-state index is 0.00149. The molecule has 1 unspecified atom stereocenters. The molecule has 1 aromatic heterocycles. The van der Waals surface area contributed by atoms with Crippen LogP contribution in [0.5, 0.6) is 5.75 Å². The normalized spacial score (nSPS) is 18.2. The van der Waals surface area contributed by atoms with Gasteiger partial charge in [-0.2, -0.15) is 0 Å². The number of hydrogen-bond donors (Lipinski definition) is 0. The Kier molecular flexibility index (Phi) is 5.76. The van der Waals surface area contributed by atoms with Gasteiger partial charge in [0.05, 0.1) is 26.0 Å². The van der Waals surface area contributed by atoms with Crippen molar-refractivity contribution in [3.8, 4) is 5.75 Å². The van der Waals surface area contributed by atoms with Crippen molar-refractivity contribution in [2.75, 3.05) is 40.0 Å². The number of nitrogens with zero attached hydrogens (tertiary/aromatic N) is 2. The van der Waals surface area contributed by atoms with Crippen molar-refractivity contribution >= 4 is 5.91 Å². The number of methoxy groups -OCH3 is 1. The van der Waals surface area contributed by atoms with Crippen LogP contribution in [0.1, 0.15) is 6.42 Å². The number of ether oxygens (including phenoxy) is 3. The molecule has 20 heavy (non-hydrogen) atoms. The summed E-state index contributed by atoms with van der Waals surface area (Å²) in [6.07, 6.45) is 4.24. The van der Waals surface area contributed by atoms with Crippen LogP contribution in [0.25, 0.3) is 0 Å². The quantitative estimate of drug-likeness (QED) is 0.689. The van der Waals surface area contributed by atoms with Crippen molar-refractivity contribution in [2.45, 2.75) is 12.5 Å². The first-order chi connectivity index (χ1) is 9.79. The van der Waals surface area contributed by atoms with E-state index in [2.05, 4.69) is 4.98 Å². The summed E-state index contributed by atoms with van der Waals surface area (Å²) in [6, 6.07) is 3.70. The van der Waals surface area contributed by atoms with Crippen LogP contribution in [-0.4, -0.2) is 61.9 Å². The molecule has 0 aliphatic carbocycles. The van der Waals surface area contributed by atoms with Crippen LogP contribution in [0.3, 0.4) is 0 Å². The molecular weight excluding hydrogens is 260 g/mol. The maximum absolute atomic E-state index is 11.9. The number of aromatic nitrogens is 1. The molecular formula is C14H20N2O4. The van der Waals surface area contributed by atoms with Crippen LogP contribution < -0.4 is 4.74 Å². The number of likely N-dealkylation sites (tertiary alicyclic amines) is 1. The van der Waals surface area contributed by atoms with Crippen molar-refractivity contribution in [3.63, 3.8) is 0 Å². The highest BCUT2D eigenvalue weighted by molar-refractivity contribution is 5.77. The van der Waals surface area contributed by atoms with Crippen molar-refractivity contribution in [1.82, 2.24) is 9.88 Å². The van der Waals surface area contributed by atoms with Crippen LogP contribution in [0.15, 0.2) is 24.5 Å². The zero-order chi connectivity index (χ0) is 14.2. The van der Waals surface area contributed by atoms with Gasteiger partial charge in [-0.3, -0.25) is 9.78 Å². The van der Waals surface area contributed by atoms with Gasteiger partial charge in [-0.25, -0.2) is 0 Å². The number of hydrogen-bond acceptors (Lipinski definition) is 5. The Hall–Kier alpha value is -1.66. The predicted molar refractivity (Wildman–Crippen MR) is 72.5 cm³/mol. The minimum Gasteiger partial charge on any atom is -0.487 e. The van der Waals surface area contributed by atoms with Gasteiger partial charge in [-0.05, 0) is 12.1 Å². The zero-order valence-corrected chi connectivity index (χ0v) is 11.7. The van der Waals surface area contributed by atoms with Crippen molar-refractivity contribution in [2.24, 2.45) is 0 Å². The van der Waals surface area contributed by atoms with Gasteiger partial charge in [0.1, 0.15) is 18.5 Å². The fourth-order valence-corrected chi connectivity index (χ4v) is 2.05. The molecule has 1 amide bonds. The third-order valence-corrected chi connectivity index (χ3v) is 3.09. The minimum atomic E-state index is -0.00149. The lowest BCUT2D eigenvalue weighted by Crippen LogP contribution is -2.34. The first kappa shape index (κ1) is 14.7. The van der Waals surface area contributed by atoms with Gasteiger partial charge in [0.25, 0.3) is 0 Å². The van der Waals surface area contributed by atoms with E-state index in [1.54, 1.807) is 24.4 Å². The second kappa shape index (κ2) is 7.81. The first-order valence-corrected chi connectivity index (χ1v) is 6.70. The molecule has 0 saturated carbocycles. The van der Waals surface area contributed by atoms with Crippen molar-refractivity contribution in [3.05, 3.63) is 24.5 Å². The molecule has 1 aliphatic heterocycles. The third-order valence-electron chi connectivity index (χ3n) is 3.09. The number of amides is 1. The van der Waals surface area contributed by atoms with E-state index in [4.69, 9.17) is 14.2 Å². The molecule has 0 spiro atoms. The van der Waals surface area contributed by atoms with E-state index < -0.39 is 0 Å². The monoisotopic (exact) mass is 280 g/mol. The highest BCUT2D eigenvalue weighted by Crippen LogP contribution is 2.17. The topological polar surface area (TPSA) is 60.9 Å². The summed E-state index contributed by atoms with van der Waals surface area (Å²) in [5.74, 6) is 0.738. The maximum Gasteiger partial charge on any atom is 0.248 e.